The molecule has 1 aliphatic rings. The third kappa shape index (κ3) is 2.92. The highest BCUT2D eigenvalue weighted by Crippen LogP contribution is 2.30. The van der Waals surface area contributed by atoms with E-state index in [-0.39, 0.29) is 10.9 Å². The van der Waals surface area contributed by atoms with E-state index in [1.165, 1.54) is 12.1 Å². The van der Waals surface area contributed by atoms with Crippen LogP contribution in [0.2, 0.25) is 0 Å². The van der Waals surface area contributed by atoms with E-state index >= 15 is 0 Å². The van der Waals surface area contributed by atoms with Crippen LogP contribution in [0.5, 0.6) is 0 Å². The molecule has 0 amide bonds. The Kier molecular flexibility index (Phi) is 4.87. The highest BCUT2D eigenvalue weighted by Gasteiger charge is 2.34. The Balaban J connectivity index is 2.49. The minimum absolute atomic E-state index is 0.0161. The maximum absolute atomic E-state index is 13.4. The van der Waals surface area contributed by atoms with Gasteiger partial charge in [0.2, 0.25) is 10.0 Å². The Bertz CT molecular complexity index is 580. The van der Waals surface area contributed by atoms with Crippen LogP contribution in [0.15, 0.2) is 17.0 Å². The highest BCUT2D eigenvalue weighted by atomic mass is 79.9. The molecule has 112 valence electrons. The predicted molar refractivity (Wildman–Crippen MR) is 81.2 cm³/mol. The Morgan fingerprint density at radius 2 is 1.90 bits per heavy atom. The van der Waals surface area contributed by atoms with Crippen LogP contribution < -0.4 is 0 Å². The SMILES string of the molecule is Cc1cc(F)cc(C)c1S(=O)(=O)N1CCCCC1CBr. The molecule has 1 fully saturated rings. The van der Waals surface area contributed by atoms with Gasteiger partial charge in [0.1, 0.15) is 5.82 Å². The molecule has 1 aromatic rings. The lowest BCUT2D eigenvalue weighted by atomic mass is 10.1. The van der Waals surface area contributed by atoms with Gasteiger partial charge in [-0.3, -0.25) is 0 Å². The van der Waals surface area contributed by atoms with Gasteiger partial charge in [-0.15, -0.1) is 0 Å². The van der Waals surface area contributed by atoms with E-state index in [2.05, 4.69) is 15.9 Å². The summed E-state index contributed by atoms with van der Waals surface area (Å²) < 4.78 is 40.7. The van der Waals surface area contributed by atoms with E-state index in [4.69, 9.17) is 0 Å². The predicted octanol–water partition coefficient (Wildman–Crippen LogP) is 3.38. The molecular weight excluding hydrogens is 345 g/mol. The Hall–Kier alpha value is -0.460. The fraction of sp³-hybridized carbons (Fsp3) is 0.571. The van der Waals surface area contributed by atoms with Crippen LogP contribution in [0.4, 0.5) is 4.39 Å². The number of sulfonamides is 1. The van der Waals surface area contributed by atoms with Crippen molar-refractivity contribution in [3.05, 3.63) is 29.1 Å². The first-order chi connectivity index (χ1) is 9.37. The fourth-order valence-electron chi connectivity index (χ4n) is 2.87. The summed E-state index contributed by atoms with van der Waals surface area (Å²) in [5.74, 6) is -0.394. The maximum Gasteiger partial charge on any atom is 0.243 e. The number of benzene rings is 1. The summed E-state index contributed by atoms with van der Waals surface area (Å²) in [7, 11) is -3.56. The summed E-state index contributed by atoms with van der Waals surface area (Å²) >= 11 is 3.40. The van der Waals surface area contributed by atoms with E-state index in [0.29, 0.717) is 23.0 Å². The molecule has 0 spiro atoms. The van der Waals surface area contributed by atoms with E-state index < -0.39 is 15.8 Å². The Labute approximate surface area is 128 Å². The molecule has 1 heterocycles. The van der Waals surface area contributed by atoms with Crippen molar-refractivity contribution in [3.63, 3.8) is 0 Å². The van der Waals surface area contributed by atoms with Gasteiger partial charge in [0, 0.05) is 17.9 Å². The van der Waals surface area contributed by atoms with Crippen molar-refractivity contribution in [2.24, 2.45) is 0 Å². The summed E-state index contributed by atoms with van der Waals surface area (Å²) in [6, 6.07) is 2.55. The summed E-state index contributed by atoms with van der Waals surface area (Å²) in [6.45, 7) is 3.83. The second kappa shape index (κ2) is 6.12. The van der Waals surface area contributed by atoms with Gasteiger partial charge >= 0.3 is 0 Å². The number of alkyl halides is 1. The molecule has 20 heavy (non-hydrogen) atoms. The summed E-state index contributed by atoms with van der Waals surface area (Å²) in [5, 5.41) is 0.630. The van der Waals surface area contributed by atoms with Gasteiger partial charge in [-0.1, -0.05) is 22.4 Å². The average molecular weight is 364 g/mol. The van der Waals surface area contributed by atoms with Crippen LogP contribution in [-0.2, 0) is 10.0 Å². The molecule has 1 atom stereocenters. The van der Waals surface area contributed by atoms with E-state index in [9.17, 15) is 12.8 Å². The molecule has 0 bridgehead atoms. The first-order valence-corrected chi connectivity index (χ1v) is 9.28. The van der Waals surface area contributed by atoms with Gasteiger partial charge in [-0.05, 0) is 49.9 Å². The molecule has 0 N–H and O–H groups in total. The first-order valence-electron chi connectivity index (χ1n) is 6.72. The van der Waals surface area contributed by atoms with Crippen LogP contribution in [0.3, 0.4) is 0 Å². The molecule has 0 aliphatic carbocycles. The smallest absolute Gasteiger partial charge is 0.207 e. The minimum atomic E-state index is -3.56. The lowest BCUT2D eigenvalue weighted by molar-refractivity contribution is 0.273. The lowest BCUT2D eigenvalue weighted by Gasteiger charge is -2.34. The maximum atomic E-state index is 13.4. The molecule has 0 saturated carbocycles. The molecule has 3 nitrogen and oxygen atoms in total. The number of hydrogen-bond acceptors (Lipinski definition) is 2. The molecule has 1 aliphatic heterocycles. The zero-order valence-corrected chi connectivity index (χ0v) is 14.1. The molecule has 1 aromatic carbocycles. The normalized spacial score (nSPS) is 21.1. The quantitative estimate of drug-likeness (QED) is 0.772. The van der Waals surface area contributed by atoms with Gasteiger partial charge in [0.25, 0.3) is 0 Å². The van der Waals surface area contributed by atoms with Crippen molar-refractivity contribution < 1.29 is 12.8 Å². The van der Waals surface area contributed by atoms with E-state index in [0.717, 1.165) is 19.3 Å². The largest absolute Gasteiger partial charge is 0.243 e. The lowest BCUT2D eigenvalue weighted by Crippen LogP contribution is -2.44. The Morgan fingerprint density at radius 1 is 1.30 bits per heavy atom. The van der Waals surface area contributed by atoms with Crippen molar-refractivity contribution in [1.82, 2.24) is 4.31 Å². The number of rotatable bonds is 3. The molecule has 0 radical (unpaired) electrons. The standard InChI is InChI=1S/C14H19BrFNO2S/c1-10-7-12(16)8-11(2)14(10)20(18,19)17-6-4-3-5-13(17)9-15/h7-8,13H,3-6,9H2,1-2H3. The molecule has 0 aromatic heterocycles. The number of halogens is 2. The molecular formula is C14H19BrFNO2S. The van der Waals surface area contributed by atoms with Crippen molar-refractivity contribution in [2.75, 3.05) is 11.9 Å². The molecule has 6 heteroatoms. The molecule has 1 saturated heterocycles. The first kappa shape index (κ1) is 15.9. The van der Waals surface area contributed by atoms with E-state index in [1.54, 1.807) is 18.2 Å². The van der Waals surface area contributed by atoms with Crippen LogP contribution in [0, 0.1) is 19.7 Å². The fourth-order valence-corrected chi connectivity index (χ4v) is 5.84. The summed E-state index contributed by atoms with van der Waals surface area (Å²) in [4.78, 5) is 0.256. The number of hydrogen-bond donors (Lipinski definition) is 0. The highest BCUT2D eigenvalue weighted by molar-refractivity contribution is 9.09. The van der Waals surface area contributed by atoms with Gasteiger partial charge in [-0.2, -0.15) is 4.31 Å². The number of piperidine rings is 1. The van der Waals surface area contributed by atoms with Crippen molar-refractivity contribution in [3.8, 4) is 0 Å². The topological polar surface area (TPSA) is 37.4 Å². The van der Waals surface area contributed by atoms with Crippen LogP contribution in [0.1, 0.15) is 30.4 Å². The average Bonchev–Trinajstić information content (AvgIpc) is 2.37. The van der Waals surface area contributed by atoms with Crippen LogP contribution in [0.25, 0.3) is 0 Å². The van der Waals surface area contributed by atoms with Crippen molar-refractivity contribution in [2.45, 2.75) is 44.0 Å². The Morgan fingerprint density at radius 3 is 2.45 bits per heavy atom. The second-order valence-electron chi connectivity index (χ2n) is 5.29. The number of aryl methyl sites for hydroxylation is 2. The molecule has 1 unspecified atom stereocenters. The monoisotopic (exact) mass is 363 g/mol. The number of nitrogens with zero attached hydrogens (tertiary/aromatic N) is 1. The van der Waals surface area contributed by atoms with Gasteiger partial charge < -0.3 is 0 Å². The minimum Gasteiger partial charge on any atom is -0.207 e. The van der Waals surface area contributed by atoms with E-state index in [1.807, 2.05) is 0 Å². The second-order valence-corrected chi connectivity index (χ2v) is 7.76. The molecule has 2 rings (SSSR count). The van der Waals surface area contributed by atoms with Crippen LogP contribution >= 0.6 is 15.9 Å². The third-order valence-corrected chi connectivity index (χ3v) is 6.75. The van der Waals surface area contributed by atoms with Gasteiger partial charge in [0.05, 0.1) is 4.90 Å². The van der Waals surface area contributed by atoms with Crippen molar-refractivity contribution >= 4 is 26.0 Å². The zero-order valence-electron chi connectivity index (χ0n) is 11.7. The summed E-state index contributed by atoms with van der Waals surface area (Å²) in [6.07, 6.45) is 2.79. The van der Waals surface area contributed by atoms with Gasteiger partial charge in [-0.25, -0.2) is 12.8 Å². The van der Waals surface area contributed by atoms with Crippen molar-refractivity contribution in [1.29, 1.82) is 0 Å². The third-order valence-electron chi connectivity index (χ3n) is 3.74. The zero-order chi connectivity index (χ0) is 14.9. The van der Waals surface area contributed by atoms with Crippen LogP contribution in [-0.4, -0.2) is 30.6 Å². The summed E-state index contributed by atoms with van der Waals surface area (Å²) in [5.41, 5.74) is 0.947. The van der Waals surface area contributed by atoms with Gasteiger partial charge in [0.15, 0.2) is 0 Å².